The van der Waals surface area contributed by atoms with Gasteiger partial charge in [0.05, 0.1) is 29.6 Å². The first-order valence-corrected chi connectivity index (χ1v) is 12.5. The molecular formula is C25H34N8O. The third kappa shape index (κ3) is 3.96. The number of rotatable bonds is 5. The van der Waals surface area contributed by atoms with Crippen LogP contribution >= 0.6 is 0 Å². The summed E-state index contributed by atoms with van der Waals surface area (Å²) in [6.45, 7) is 9.54. The van der Waals surface area contributed by atoms with Gasteiger partial charge in [-0.15, -0.1) is 0 Å². The lowest BCUT2D eigenvalue weighted by Crippen LogP contribution is -2.45. The number of aromatic amines is 1. The van der Waals surface area contributed by atoms with Crippen molar-refractivity contribution in [3.8, 4) is 6.01 Å². The largest absolute Gasteiger partial charge is 0.462 e. The molecule has 3 aliphatic heterocycles. The van der Waals surface area contributed by atoms with E-state index in [-0.39, 0.29) is 0 Å². The molecule has 9 nitrogen and oxygen atoms in total. The molecule has 2 fully saturated rings. The Labute approximate surface area is 200 Å². The summed E-state index contributed by atoms with van der Waals surface area (Å²) < 4.78 is 6.24. The summed E-state index contributed by atoms with van der Waals surface area (Å²) in [5.41, 5.74) is 5.94. The molecule has 2 saturated heterocycles. The number of nitrogens with zero attached hydrogens (tertiary/aromatic N) is 6. The number of likely N-dealkylation sites (tertiary alicyclic amines) is 1. The zero-order valence-electron chi connectivity index (χ0n) is 20.2. The van der Waals surface area contributed by atoms with E-state index in [0.717, 1.165) is 69.3 Å². The highest BCUT2D eigenvalue weighted by Gasteiger charge is 2.29. The van der Waals surface area contributed by atoms with Gasteiger partial charge in [0.2, 0.25) is 0 Å². The Morgan fingerprint density at radius 1 is 1.09 bits per heavy atom. The lowest BCUT2D eigenvalue weighted by molar-refractivity contribution is 0.187. The number of hydrogen-bond acceptors (Lipinski definition) is 8. The monoisotopic (exact) mass is 462 g/mol. The standard InChI is InChI=1S/C25H34N8O/c1-17-5-6-21-20(14-27-30-21)23(17)33-11-7-19-22(15-33)28-25(34-16-18-4-3-10-31(18)2)29-24(19)32-12-8-26-9-13-32/h5-6,14,18,26H,3-4,7-13,15-16H2,1-2H3,(H,27,30)/t18-/m0/s1. The first-order chi connectivity index (χ1) is 16.7. The van der Waals surface area contributed by atoms with E-state index in [9.17, 15) is 0 Å². The second-order valence-electron chi connectivity index (χ2n) is 9.81. The summed E-state index contributed by atoms with van der Waals surface area (Å²) in [6, 6.07) is 5.24. The number of benzene rings is 1. The summed E-state index contributed by atoms with van der Waals surface area (Å²) in [5, 5.41) is 12.0. The van der Waals surface area contributed by atoms with E-state index in [4.69, 9.17) is 14.7 Å². The molecule has 6 rings (SSSR count). The van der Waals surface area contributed by atoms with Gasteiger partial charge in [-0.3, -0.25) is 5.10 Å². The van der Waals surface area contributed by atoms with Crippen molar-refractivity contribution in [2.45, 2.75) is 38.8 Å². The van der Waals surface area contributed by atoms with E-state index in [0.29, 0.717) is 18.7 Å². The summed E-state index contributed by atoms with van der Waals surface area (Å²) in [6.07, 6.45) is 5.27. The van der Waals surface area contributed by atoms with Crippen molar-refractivity contribution in [3.63, 3.8) is 0 Å². The molecule has 3 aliphatic rings. The molecule has 0 amide bonds. The number of nitrogens with one attached hydrogen (secondary N) is 2. The number of anilines is 2. The fourth-order valence-electron chi connectivity index (χ4n) is 5.67. The number of ether oxygens (including phenoxy) is 1. The Morgan fingerprint density at radius 2 is 1.97 bits per heavy atom. The molecule has 0 aliphatic carbocycles. The van der Waals surface area contributed by atoms with Gasteiger partial charge in [0.25, 0.3) is 0 Å². The molecular weight excluding hydrogens is 428 g/mol. The highest BCUT2D eigenvalue weighted by Crippen LogP contribution is 2.35. The molecule has 180 valence electrons. The van der Waals surface area contributed by atoms with Crippen LogP contribution in [0.5, 0.6) is 6.01 Å². The van der Waals surface area contributed by atoms with Crippen LogP contribution in [0.4, 0.5) is 11.5 Å². The summed E-state index contributed by atoms with van der Waals surface area (Å²) >= 11 is 0. The van der Waals surface area contributed by atoms with Gasteiger partial charge < -0.3 is 24.8 Å². The second-order valence-corrected chi connectivity index (χ2v) is 9.81. The molecule has 0 radical (unpaired) electrons. The fraction of sp³-hybridized carbons (Fsp3) is 0.560. The van der Waals surface area contributed by atoms with E-state index in [1.807, 2.05) is 6.20 Å². The Hall–Kier alpha value is -2.91. The van der Waals surface area contributed by atoms with Crippen LogP contribution in [0, 0.1) is 6.92 Å². The molecule has 0 saturated carbocycles. The van der Waals surface area contributed by atoms with Gasteiger partial charge in [-0.25, -0.2) is 0 Å². The lowest BCUT2D eigenvalue weighted by atomic mass is 10.0. The minimum Gasteiger partial charge on any atom is -0.462 e. The van der Waals surface area contributed by atoms with Gasteiger partial charge in [0, 0.05) is 49.7 Å². The number of aryl methyl sites for hydroxylation is 1. The summed E-state index contributed by atoms with van der Waals surface area (Å²) in [5.74, 6) is 1.07. The van der Waals surface area contributed by atoms with Crippen molar-refractivity contribution in [2.75, 3.05) is 62.7 Å². The molecule has 2 N–H and O–H groups in total. The van der Waals surface area contributed by atoms with E-state index < -0.39 is 0 Å². The van der Waals surface area contributed by atoms with Gasteiger partial charge in [0.1, 0.15) is 12.4 Å². The Balaban J connectivity index is 1.33. The van der Waals surface area contributed by atoms with E-state index >= 15 is 0 Å². The topological polar surface area (TPSA) is 85.4 Å². The SMILES string of the molecule is Cc1ccc2[nH]ncc2c1N1CCc2c(nc(OC[C@@H]3CCCN3C)nc2N2CCNCC2)C1. The van der Waals surface area contributed by atoms with Crippen molar-refractivity contribution in [1.29, 1.82) is 0 Å². The minimum atomic E-state index is 0.445. The number of piperazine rings is 1. The predicted octanol–water partition coefficient (Wildman–Crippen LogP) is 2.11. The molecule has 1 atom stereocenters. The predicted molar refractivity (Wildman–Crippen MR) is 134 cm³/mol. The molecule has 3 aromatic rings. The first-order valence-electron chi connectivity index (χ1n) is 12.5. The van der Waals surface area contributed by atoms with E-state index in [1.54, 1.807) is 0 Å². The third-order valence-corrected chi connectivity index (χ3v) is 7.63. The van der Waals surface area contributed by atoms with E-state index in [2.05, 4.69) is 56.3 Å². The van der Waals surface area contributed by atoms with Crippen LogP contribution in [0.25, 0.3) is 10.9 Å². The van der Waals surface area contributed by atoms with Crippen molar-refractivity contribution >= 4 is 22.4 Å². The quantitative estimate of drug-likeness (QED) is 0.596. The van der Waals surface area contributed by atoms with Gasteiger partial charge in [-0.05, 0) is 51.4 Å². The minimum absolute atomic E-state index is 0.445. The lowest BCUT2D eigenvalue weighted by Gasteiger charge is -2.35. The van der Waals surface area contributed by atoms with Gasteiger partial charge in [-0.2, -0.15) is 15.1 Å². The number of likely N-dealkylation sites (N-methyl/N-ethyl adjacent to an activating group) is 1. The molecule has 0 unspecified atom stereocenters. The van der Waals surface area contributed by atoms with Crippen LogP contribution in [0.1, 0.15) is 29.7 Å². The number of H-pyrrole nitrogens is 1. The average molecular weight is 463 g/mol. The molecule has 0 bridgehead atoms. The maximum Gasteiger partial charge on any atom is 0.318 e. The van der Waals surface area contributed by atoms with E-state index in [1.165, 1.54) is 35.0 Å². The van der Waals surface area contributed by atoms with Crippen molar-refractivity contribution in [3.05, 3.63) is 35.2 Å². The van der Waals surface area contributed by atoms with Gasteiger partial charge in [-0.1, -0.05) is 6.07 Å². The highest BCUT2D eigenvalue weighted by molar-refractivity contribution is 5.93. The summed E-state index contributed by atoms with van der Waals surface area (Å²) in [4.78, 5) is 17.2. The Kier molecular flexibility index (Phi) is 5.74. The number of hydrogen-bond donors (Lipinski definition) is 2. The fourth-order valence-corrected chi connectivity index (χ4v) is 5.67. The Bertz CT molecular complexity index is 1170. The number of fused-ring (bicyclic) bond motifs is 2. The number of aromatic nitrogens is 4. The molecule has 2 aromatic heterocycles. The van der Waals surface area contributed by atoms with Crippen LogP contribution in [0.3, 0.4) is 0 Å². The smallest absolute Gasteiger partial charge is 0.318 e. The van der Waals surface area contributed by atoms with Crippen LogP contribution < -0.4 is 19.9 Å². The van der Waals surface area contributed by atoms with Crippen molar-refractivity contribution < 1.29 is 4.74 Å². The summed E-state index contributed by atoms with van der Waals surface area (Å²) in [7, 11) is 2.18. The molecule has 1 aromatic carbocycles. The molecule has 34 heavy (non-hydrogen) atoms. The second kappa shape index (κ2) is 9.03. The van der Waals surface area contributed by atoms with Crippen LogP contribution in [0.15, 0.2) is 18.3 Å². The van der Waals surface area contributed by atoms with Crippen LogP contribution in [-0.4, -0.2) is 84.0 Å². The zero-order valence-corrected chi connectivity index (χ0v) is 20.2. The van der Waals surface area contributed by atoms with Gasteiger partial charge in [0.15, 0.2) is 0 Å². The van der Waals surface area contributed by atoms with Gasteiger partial charge >= 0.3 is 6.01 Å². The van der Waals surface area contributed by atoms with Crippen molar-refractivity contribution in [2.24, 2.45) is 0 Å². The van der Waals surface area contributed by atoms with Crippen LogP contribution in [-0.2, 0) is 13.0 Å². The third-order valence-electron chi connectivity index (χ3n) is 7.63. The average Bonchev–Trinajstić information content (AvgIpc) is 3.51. The highest BCUT2D eigenvalue weighted by atomic mass is 16.5. The molecule has 9 heteroatoms. The Morgan fingerprint density at radius 3 is 2.79 bits per heavy atom. The first kappa shape index (κ1) is 21.6. The van der Waals surface area contributed by atoms with Crippen LogP contribution in [0.2, 0.25) is 0 Å². The molecule has 5 heterocycles. The normalized spacial score (nSPS) is 21.3. The maximum atomic E-state index is 6.24. The zero-order chi connectivity index (χ0) is 23.1. The maximum absolute atomic E-state index is 6.24. The molecule has 0 spiro atoms. The van der Waals surface area contributed by atoms with Crippen molar-refractivity contribution in [1.82, 2.24) is 30.4 Å².